The minimum atomic E-state index is 0.473. The zero-order valence-corrected chi connectivity index (χ0v) is 11.6. The summed E-state index contributed by atoms with van der Waals surface area (Å²) in [7, 11) is 0. The van der Waals surface area contributed by atoms with Gasteiger partial charge in [0.2, 0.25) is 5.95 Å². The summed E-state index contributed by atoms with van der Waals surface area (Å²) in [6.07, 6.45) is 0. The van der Waals surface area contributed by atoms with Gasteiger partial charge in [-0.25, -0.2) is 4.98 Å². The second-order valence-corrected chi connectivity index (χ2v) is 5.14. The number of nitrogens with zero attached hydrogens (tertiary/aromatic N) is 2. The van der Waals surface area contributed by atoms with E-state index < -0.39 is 0 Å². The zero-order valence-electron chi connectivity index (χ0n) is 10.8. The normalized spacial score (nSPS) is 11.1. The lowest BCUT2D eigenvalue weighted by molar-refractivity contribution is 1.10. The zero-order chi connectivity index (χ0) is 13.6. The maximum atomic E-state index is 6.06. The first kappa shape index (κ1) is 12.1. The summed E-state index contributed by atoms with van der Waals surface area (Å²) in [6.45, 7) is 4.17. The van der Waals surface area contributed by atoms with Gasteiger partial charge in [-0.1, -0.05) is 17.7 Å². The molecule has 96 valence electrons. The van der Waals surface area contributed by atoms with Crippen LogP contribution < -0.4 is 5.73 Å². The first-order valence-corrected chi connectivity index (χ1v) is 6.45. The SMILES string of the molecule is Cc1ccc(-n2c(N)nc3ccc(Cl)cc32)cc1C. The molecule has 0 atom stereocenters. The van der Waals surface area contributed by atoms with Gasteiger partial charge in [-0.05, 0) is 55.3 Å². The molecule has 3 aromatic rings. The second kappa shape index (κ2) is 4.28. The van der Waals surface area contributed by atoms with E-state index in [4.69, 9.17) is 17.3 Å². The molecule has 0 saturated heterocycles. The summed E-state index contributed by atoms with van der Waals surface area (Å²) in [6, 6.07) is 11.8. The molecule has 1 heterocycles. The van der Waals surface area contributed by atoms with Crippen molar-refractivity contribution in [3.63, 3.8) is 0 Å². The molecule has 2 aromatic carbocycles. The van der Waals surface area contributed by atoms with E-state index in [2.05, 4.69) is 31.0 Å². The molecule has 0 amide bonds. The molecule has 2 N–H and O–H groups in total. The number of aromatic nitrogens is 2. The van der Waals surface area contributed by atoms with Crippen LogP contribution in [0.15, 0.2) is 36.4 Å². The molecule has 0 aliphatic carbocycles. The number of nitrogens with two attached hydrogens (primary N) is 1. The van der Waals surface area contributed by atoms with E-state index in [0.717, 1.165) is 16.7 Å². The number of hydrogen-bond donors (Lipinski definition) is 1. The quantitative estimate of drug-likeness (QED) is 0.730. The number of rotatable bonds is 1. The first-order valence-electron chi connectivity index (χ1n) is 6.07. The van der Waals surface area contributed by atoms with E-state index in [1.165, 1.54) is 11.1 Å². The molecule has 4 heteroatoms. The molecule has 0 aliphatic rings. The Hall–Kier alpha value is -2.00. The predicted molar refractivity (Wildman–Crippen MR) is 80.0 cm³/mol. The minimum Gasteiger partial charge on any atom is -0.369 e. The summed E-state index contributed by atoms with van der Waals surface area (Å²) < 4.78 is 1.92. The van der Waals surface area contributed by atoms with Crippen LogP contribution in [0.25, 0.3) is 16.7 Å². The van der Waals surface area contributed by atoms with E-state index >= 15 is 0 Å². The maximum absolute atomic E-state index is 6.06. The van der Waals surface area contributed by atoms with Gasteiger partial charge in [0.05, 0.1) is 11.0 Å². The van der Waals surface area contributed by atoms with Gasteiger partial charge in [0.25, 0.3) is 0 Å². The average molecular weight is 272 g/mol. The molecule has 0 unspecified atom stereocenters. The summed E-state index contributed by atoms with van der Waals surface area (Å²) in [5.74, 6) is 0.473. The molecule has 0 spiro atoms. The fraction of sp³-hybridized carbons (Fsp3) is 0.133. The monoisotopic (exact) mass is 271 g/mol. The molecule has 3 rings (SSSR count). The van der Waals surface area contributed by atoms with Gasteiger partial charge >= 0.3 is 0 Å². The average Bonchev–Trinajstić information content (AvgIpc) is 2.68. The Morgan fingerprint density at radius 2 is 1.84 bits per heavy atom. The van der Waals surface area contributed by atoms with Gasteiger partial charge in [0, 0.05) is 10.7 Å². The molecule has 0 saturated carbocycles. The van der Waals surface area contributed by atoms with Crippen LogP contribution in [0.1, 0.15) is 11.1 Å². The predicted octanol–water partition coefficient (Wildman–Crippen LogP) is 3.88. The molecular weight excluding hydrogens is 258 g/mol. The third-order valence-electron chi connectivity index (χ3n) is 3.39. The number of aryl methyl sites for hydroxylation is 2. The van der Waals surface area contributed by atoms with Gasteiger partial charge in [-0.2, -0.15) is 0 Å². The van der Waals surface area contributed by atoms with Crippen molar-refractivity contribution in [2.75, 3.05) is 5.73 Å². The Bertz CT molecular complexity index is 774. The number of anilines is 1. The smallest absolute Gasteiger partial charge is 0.205 e. The second-order valence-electron chi connectivity index (χ2n) is 4.71. The summed E-state index contributed by atoms with van der Waals surface area (Å²) in [5, 5.41) is 0.678. The van der Waals surface area contributed by atoms with Crippen molar-refractivity contribution < 1.29 is 0 Å². The number of benzene rings is 2. The summed E-state index contributed by atoms with van der Waals surface area (Å²) >= 11 is 6.06. The lowest BCUT2D eigenvalue weighted by Gasteiger charge is -2.09. The number of imidazole rings is 1. The van der Waals surface area contributed by atoms with Gasteiger partial charge in [0.15, 0.2) is 0 Å². The van der Waals surface area contributed by atoms with Crippen LogP contribution in [0, 0.1) is 13.8 Å². The standard InChI is InChI=1S/C15H14ClN3/c1-9-3-5-12(7-10(9)2)19-14-8-11(16)4-6-13(14)18-15(19)17/h3-8H,1-2H3,(H2,17,18). The van der Waals surface area contributed by atoms with Crippen LogP contribution in [0.5, 0.6) is 0 Å². The molecule has 0 aliphatic heterocycles. The third kappa shape index (κ3) is 1.96. The van der Waals surface area contributed by atoms with Crippen molar-refractivity contribution in [2.45, 2.75) is 13.8 Å². The van der Waals surface area contributed by atoms with Crippen LogP contribution in [-0.2, 0) is 0 Å². The molecule has 0 fully saturated rings. The summed E-state index contributed by atoms with van der Waals surface area (Å²) in [4.78, 5) is 4.36. The number of nitrogen functional groups attached to an aromatic ring is 1. The van der Waals surface area contributed by atoms with Crippen molar-refractivity contribution in [2.24, 2.45) is 0 Å². The van der Waals surface area contributed by atoms with E-state index in [1.807, 2.05) is 28.8 Å². The Kier molecular flexibility index (Phi) is 2.72. The van der Waals surface area contributed by atoms with Crippen molar-refractivity contribution in [1.82, 2.24) is 9.55 Å². The van der Waals surface area contributed by atoms with Crippen molar-refractivity contribution >= 4 is 28.6 Å². The lowest BCUT2D eigenvalue weighted by atomic mass is 10.1. The molecule has 3 nitrogen and oxygen atoms in total. The van der Waals surface area contributed by atoms with Gasteiger partial charge in [0.1, 0.15) is 0 Å². The van der Waals surface area contributed by atoms with Gasteiger partial charge in [-0.3, -0.25) is 4.57 Å². The maximum Gasteiger partial charge on any atom is 0.205 e. The number of hydrogen-bond acceptors (Lipinski definition) is 2. The van der Waals surface area contributed by atoms with E-state index in [-0.39, 0.29) is 0 Å². The van der Waals surface area contributed by atoms with Gasteiger partial charge in [-0.15, -0.1) is 0 Å². The molecule has 19 heavy (non-hydrogen) atoms. The molecule has 0 radical (unpaired) electrons. The first-order chi connectivity index (χ1) is 9.06. The Morgan fingerprint density at radius 1 is 1.05 bits per heavy atom. The van der Waals surface area contributed by atoms with Crippen LogP contribution in [-0.4, -0.2) is 9.55 Å². The van der Waals surface area contributed by atoms with E-state index in [1.54, 1.807) is 0 Å². The largest absolute Gasteiger partial charge is 0.369 e. The third-order valence-corrected chi connectivity index (χ3v) is 3.63. The van der Waals surface area contributed by atoms with Crippen LogP contribution in [0.2, 0.25) is 5.02 Å². The molecule has 1 aromatic heterocycles. The Labute approximate surface area is 116 Å². The number of halogens is 1. The topological polar surface area (TPSA) is 43.8 Å². The highest BCUT2D eigenvalue weighted by molar-refractivity contribution is 6.31. The van der Waals surface area contributed by atoms with Crippen molar-refractivity contribution in [1.29, 1.82) is 0 Å². The summed E-state index contributed by atoms with van der Waals surface area (Å²) in [5.41, 5.74) is 11.3. The molecule has 0 bridgehead atoms. The van der Waals surface area contributed by atoms with Crippen LogP contribution >= 0.6 is 11.6 Å². The molecular formula is C15H14ClN3. The van der Waals surface area contributed by atoms with Gasteiger partial charge < -0.3 is 5.73 Å². The van der Waals surface area contributed by atoms with E-state index in [0.29, 0.717) is 11.0 Å². The fourth-order valence-corrected chi connectivity index (χ4v) is 2.37. The highest BCUT2D eigenvalue weighted by atomic mass is 35.5. The van der Waals surface area contributed by atoms with E-state index in [9.17, 15) is 0 Å². The van der Waals surface area contributed by atoms with Crippen LogP contribution in [0.4, 0.5) is 5.95 Å². The minimum absolute atomic E-state index is 0.473. The Balaban J connectivity index is 2.31. The number of fused-ring (bicyclic) bond motifs is 1. The lowest BCUT2D eigenvalue weighted by Crippen LogP contribution is -2.01. The van der Waals surface area contributed by atoms with Crippen molar-refractivity contribution in [3.05, 3.63) is 52.5 Å². The fourth-order valence-electron chi connectivity index (χ4n) is 2.20. The highest BCUT2D eigenvalue weighted by Crippen LogP contribution is 2.26. The van der Waals surface area contributed by atoms with Crippen molar-refractivity contribution in [3.8, 4) is 5.69 Å². The Morgan fingerprint density at radius 3 is 2.58 bits per heavy atom. The van der Waals surface area contributed by atoms with Crippen LogP contribution in [0.3, 0.4) is 0 Å². The highest BCUT2D eigenvalue weighted by Gasteiger charge is 2.10.